The first-order chi connectivity index (χ1) is 12.0. The Hall–Kier alpha value is -1.47. The van der Waals surface area contributed by atoms with Crippen molar-refractivity contribution in [2.24, 2.45) is 0 Å². The lowest BCUT2D eigenvalue weighted by molar-refractivity contribution is -0.125. The molecule has 25 heavy (non-hydrogen) atoms. The van der Waals surface area contributed by atoms with E-state index in [1.165, 1.54) is 29.3 Å². The van der Waals surface area contributed by atoms with Gasteiger partial charge in [0.25, 0.3) is 0 Å². The molecule has 1 aliphatic carbocycles. The maximum Gasteiger partial charge on any atom is 0.243 e. The molecule has 7 heteroatoms. The van der Waals surface area contributed by atoms with Crippen LogP contribution in [0.1, 0.15) is 51.4 Å². The summed E-state index contributed by atoms with van der Waals surface area (Å²) in [6, 6.07) is 4.24. The van der Waals surface area contributed by atoms with Crippen LogP contribution in [0.4, 0.5) is 4.39 Å². The third-order valence-electron chi connectivity index (χ3n) is 5.13. The number of nitrogens with zero attached hydrogens (tertiary/aromatic N) is 1. The number of hydrogen-bond donors (Lipinski definition) is 1. The van der Waals surface area contributed by atoms with E-state index in [9.17, 15) is 17.6 Å². The van der Waals surface area contributed by atoms with E-state index in [1.54, 1.807) is 0 Å². The second-order valence-electron chi connectivity index (χ2n) is 6.92. The molecule has 1 atom stereocenters. The fourth-order valence-electron chi connectivity index (χ4n) is 3.75. The molecule has 0 unspecified atom stereocenters. The molecule has 1 amide bonds. The number of amides is 1. The first-order valence-electron chi connectivity index (χ1n) is 9.06. The van der Waals surface area contributed by atoms with E-state index in [0.29, 0.717) is 19.4 Å². The molecule has 1 saturated carbocycles. The summed E-state index contributed by atoms with van der Waals surface area (Å²) >= 11 is 0. The van der Waals surface area contributed by atoms with Crippen LogP contribution in [-0.2, 0) is 14.8 Å². The molecule has 1 aromatic carbocycles. The van der Waals surface area contributed by atoms with Crippen LogP contribution >= 0.6 is 0 Å². The summed E-state index contributed by atoms with van der Waals surface area (Å²) in [5.74, 6) is -0.682. The third kappa shape index (κ3) is 4.20. The monoisotopic (exact) mass is 368 g/mol. The Morgan fingerprint density at radius 2 is 1.64 bits per heavy atom. The average molecular weight is 368 g/mol. The molecule has 2 fully saturated rings. The number of carbonyl (C=O) groups is 1. The first-order valence-corrected chi connectivity index (χ1v) is 10.5. The molecule has 5 nitrogen and oxygen atoms in total. The molecular formula is C18H25FN2O3S. The molecule has 1 aromatic rings. The van der Waals surface area contributed by atoms with Gasteiger partial charge in [0.2, 0.25) is 15.9 Å². The van der Waals surface area contributed by atoms with Gasteiger partial charge in [-0.3, -0.25) is 4.79 Å². The Labute approximate surface area is 148 Å². The van der Waals surface area contributed by atoms with Crippen LogP contribution in [0.25, 0.3) is 0 Å². The highest BCUT2D eigenvalue weighted by Crippen LogP contribution is 2.27. The summed E-state index contributed by atoms with van der Waals surface area (Å²) in [7, 11) is -3.79. The minimum atomic E-state index is -3.79. The standard InChI is InChI=1S/C18H25FN2O3S/c19-14-9-11-16(12-10-14)25(23,24)21-13-5-8-17(21)18(22)20-15-6-3-1-2-4-7-15/h9-12,15,17H,1-8,13H2,(H,20,22)/t17-/m1/s1. The minimum Gasteiger partial charge on any atom is -0.352 e. The Balaban J connectivity index is 1.72. The average Bonchev–Trinajstić information content (AvgIpc) is 2.96. The van der Waals surface area contributed by atoms with Crippen molar-refractivity contribution in [3.05, 3.63) is 30.1 Å². The van der Waals surface area contributed by atoms with Crippen molar-refractivity contribution in [3.8, 4) is 0 Å². The highest BCUT2D eigenvalue weighted by molar-refractivity contribution is 7.89. The molecule has 1 heterocycles. The summed E-state index contributed by atoms with van der Waals surface area (Å²) in [5, 5.41) is 3.06. The van der Waals surface area contributed by atoms with Gasteiger partial charge in [-0.15, -0.1) is 0 Å². The molecule has 3 rings (SSSR count). The highest BCUT2D eigenvalue weighted by atomic mass is 32.2. The molecule has 0 aromatic heterocycles. The van der Waals surface area contributed by atoms with Crippen molar-refractivity contribution in [2.75, 3.05) is 6.54 Å². The molecule has 0 spiro atoms. The summed E-state index contributed by atoms with van der Waals surface area (Å²) in [6.07, 6.45) is 7.71. The van der Waals surface area contributed by atoms with Crippen LogP contribution in [0, 0.1) is 5.82 Å². The lowest BCUT2D eigenvalue weighted by atomic mass is 10.1. The zero-order valence-corrected chi connectivity index (χ0v) is 15.1. The van der Waals surface area contributed by atoms with Crippen LogP contribution in [0.5, 0.6) is 0 Å². The van der Waals surface area contributed by atoms with E-state index in [1.807, 2.05) is 0 Å². The lowest BCUT2D eigenvalue weighted by Crippen LogP contribution is -2.48. The molecular weight excluding hydrogens is 343 g/mol. The van der Waals surface area contributed by atoms with Gasteiger partial charge in [-0.25, -0.2) is 12.8 Å². The summed E-state index contributed by atoms with van der Waals surface area (Å²) in [6.45, 7) is 0.322. The fourth-order valence-corrected chi connectivity index (χ4v) is 5.41. The molecule has 0 radical (unpaired) electrons. The van der Waals surface area contributed by atoms with Gasteiger partial charge in [0.15, 0.2) is 0 Å². The van der Waals surface area contributed by atoms with Crippen LogP contribution < -0.4 is 5.32 Å². The molecule has 0 bridgehead atoms. The minimum absolute atomic E-state index is 0.0306. The van der Waals surface area contributed by atoms with E-state index in [0.717, 1.165) is 37.8 Å². The van der Waals surface area contributed by atoms with Gasteiger partial charge >= 0.3 is 0 Å². The Morgan fingerprint density at radius 3 is 2.28 bits per heavy atom. The van der Waals surface area contributed by atoms with Gasteiger partial charge < -0.3 is 5.32 Å². The summed E-state index contributed by atoms with van der Waals surface area (Å²) in [5.41, 5.74) is 0. The van der Waals surface area contributed by atoms with Gasteiger partial charge in [-0.2, -0.15) is 4.31 Å². The SMILES string of the molecule is O=C(NC1CCCCCC1)[C@H]1CCCN1S(=O)(=O)c1ccc(F)cc1. The highest BCUT2D eigenvalue weighted by Gasteiger charge is 2.39. The largest absolute Gasteiger partial charge is 0.352 e. The lowest BCUT2D eigenvalue weighted by Gasteiger charge is -2.25. The number of hydrogen-bond acceptors (Lipinski definition) is 3. The van der Waals surface area contributed by atoms with E-state index in [2.05, 4.69) is 5.32 Å². The number of rotatable bonds is 4. The topological polar surface area (TPSA) is 66.5 Å². The van der Waals surface area contributed by atoms with Gasteiger partial charge in [0.1, 0.15) is 11.9 Å². The third-order valence-corrected chi connectivity index (χ3v) is 7.05. The number of halogens is 1. The number of benzene rings is 1. The zero-order chi connectivity index (χ0) is 17.9. The van der Waals surface area contributed by atoms with Crippen LogP contribution in [0.15, 0.2) is 29.2 Å². The quantitative estimate of drug-likeness (QED) is 0.831. The van der Waals surface area contributed by atoms with Crippen molar-refractivity contribution in [1.29, 1.82) is 0 Å². The predicted molar refractivity (Wildman–Crippen MR) is 92.9 cm³/mol. The molecule has 1 N–H and O–H groups in total. The fraction of sp³-hybridized carbons (Fsp3) is 0.611. The maximum atomic E-state index is 13.1. The predicted octanol–water partition coefficient (Wildman–Crippen LogP) is 2.82. The number of carbonyl (C=O) groups excluding carboxylic acids is 1. The van der Waals surface area contributed by atoms with Gasteiger partial charge in [-0.05, 0) is 49.9 Å². The Bertz CT molecular complexity index is 698. The maximum absolute atomic E-state index is 13.1. The van der Waals surface area contributed by atoms with Crippen molar-refractivity contribution < 1.29 is 17.6 Å². The van der Waals surface area contributed by atoms with E-state index >= 15 is 0 Å². The van der Waals surface area contributed by atoms with Crippen LogP contribution in [-0.4, -0.2) is 37.3 Å². The molecule has 2 aliphatic rings. The number of nitrogens with one attached hydrogen (secondary N) is 1. The molecule has 1 saturated heterocycles. The normalized spacial score (nSPS) is 23.3. The first kappa shape index (κ1) is 18.3. The second kappa shape index (κ2) is 7.83. The summed E-state index contributed by atoms with van der Waals surface area (Å²) < 4.78 is 40.0. The van der Waals surface area contributed by atoms with E-state index < -0.39 is 21.9 Å². The molecule has 1 aliphatic heterocycles. The Morgan fingerprint density at radius 1 is 1.00 bits per heavy atom. The van der Waals surface area contributed by atoms with Crippen molar-refractivity contribution in [1.82, 2.24) is 9.62 Å². The van der Waals surface area contributed by atoms with Crippen LogP contribution in [0.2, 0.25) is 0 Å². The van der Waals surface area contributed by atoms with Crippen molar-refractivity contribution in [3.63, 3.8) is 0 Å². The smallest absolute Gasteiger partial charge is 0.243 e. The van der Waals surface area contributed by atoms with Crippen LogP contribution in [0.3, 0.4) is 0 Å². The Kier molecular flexibility index (Phi) is 5.74. The zero-order valence-electron chi connectivity index (χ0n) is 14.3. The molecule has 138 valence electrons. The summed E-state index contributed by atoms with van der Waals surface area (Å²) in [4.78, 5) is 12.7. The van der Waals surface area contributed by atoms with Crippen molar-refractivity contribution in [2.45, 2.75) is 68.3 Å². The van der Waals surface area contributed by atoms with E-state index in [4.69, 9.17) is 0 Å². The van der Waals surface area contributed by atoms with Gasteiger partial charge in [0, 0.05) is 12.6 Å². The second-order valence-corrected chi connectivity index (χ2v) is 8.82. The van der Waals surface area contributed by atoms with E-state index in [-0.39, 0.29) is 16.8 Å². The van der Waals surface area contributed by atoms with Gasteiger partial charge in [-0.1, -0.05) is 25.7 Å². The number of sulfonamides is 1. The van der Waals surface area contributed by atoms with Gasteiger partial charge in [0.05, 0.1) is 4.90 Å². The van der Waals surface area contributed by atoms with Crippen molar-refractivity contribution >= 4 is 15.9 Å².